The maximum absolute atomic E-state index is 12.8. The maximum atomic E-state index is 12.8. The van der Waals surface area contributed by atoms with Crippen molar-refractivity contribution in [1.82, 2.24) is 24.6 Å². The van der Waals surface area contributed by atoms with E-state index in [4.69, 9.17) is 5.73 Å². The average molecular weight is 432 g/mol. The van der Waals surface area contributed by atoms with Crippen LogP contribution >= 0.6 is 0 Å². The van der Waals surface area contributed by atoms with E-state index in [9.17, 15) is 9.59 Å². The summed E-state index contributed by atoms with van der Waals surface area (Å²) < 4.78 is 1.57. The summed E-state index contributed by atoms with van der Waals surface area (Å²) in [6.07, 6.45) is 0. The molecular weight excluding hydrogens is 406 g/mol. The third-order valence-corrected chi connectivity index (χ3v) is 5.92. The van der Waals surface area contributed by atoms with Crippen LogP contribution in [0, 0.1) is 0 Å². The molecule has 0 atom stereocenters. The molecule has 1 aliphatic rings. The second-order valence-corrected chi connectivity index (χ2v) is 8.20. The van der Waals surface area contributed by atoms with Crippen molar-refractivity contribution in [3.8, 4) is 5.69 Å². The van der Waals surface area contributed by atoms with Crippen LogP contribution in [-0.4, -0.2) is 70.2 Å². The predicted molar refractivity (Wildman–Crippen MR) is 126 cm³/mol. The van der Waals surface area contributed by atoms with E-state index in [-0.39, 0.29) is 11.5 Å². The summed E-state index contributed by atoms with van der Waals surface area (Å²) in [7, 11) is 2.08. The smallest absolute Gasteiger partial charge is 0.261 e. The Labute approximate surface area is 184 Å². The molecule has 1 fully saturated rings. The number of piperazine rings is 1. The molecule has 4 aromatic rings. The molecule has 0 saturated carbocycles. The molecule has 9 heteroatoms. The van der Waals surface area contributed by atoms with Gasteiger partial charge in [0.2, 0.25) is 5.91 Å². The molecule has 0 unspecified atom stereocenters. The summed E-state index contributed by atoms with van der Waals surface area (Å²) >= 11 is 0. The lowest BCUT2D eigenvalue weighted by Crippen LogP contribution is -2.47. The topological polar surface area (TPSA) is 112 Å². The normalized spacial score (nSPS) is 15.4. The van der Waals surface area contributed by atoms with Crippen LogP contribution in [-0.2, 0) is 4.79 Å². The van der Waals surface area contributed by atoms with Crippen molar-refractivity contribution in [2.75, 3.05) is 50.8 Å². The highest BCUT2D eigenvalue weighted by Gasteiger charge is 2.18. The Bertz CT molecular complexity index is 1350. The van der Waals surface area contributed by atoms with Gasteiger partial charge in [-0.25, -0.2) is 4.68 Å². The van der Waals surface area contributed by atoms with E-state index < -0.39 is 0 Å². The fourth-order valence-electron chi connectivity index (χ4n) is 4.14. The molecule has 1 amide bonds. The number of nitrogen functional groups attached to an aromatic ring is 1. The number of rotatable bonds is 4. The first-order chi connectivity index (χ1) is 15.5. The van der Waals surface area contributed by atoms with Gasteiger partial charge in [0.15, 0.2) is 0 Å². The summed E-state index contributed by atoms with van der Waals surface area (Å²) in [6.45, 7) is 4.01. The number of carbonyl (C=O) groups is 1. The van der Waals surface area contributed by atoms with Crippen LogP contribution in [0.25, 0.3) is 27.5 Å². The molecule has 1 saturated heterocycles. The number of nitrogens with zero attached hydrogens (tertiary/aromatic N) is 4. The van der Waals surface area contributed by atoms with Gasteiger partial charge >= 0.3 is 0 Å². The van der Waals surface area contributed by atoms with Crippen molar-refractivity contribution in [2.24, 2.45) is 0 Å². The van der Waals surface area contributed by atoms with Crippen LogP contribution < -0.4 is 16.6 Å². The minimum absolute atomic E-state index is 0.0741. The van der Waals surface area contributed by atoms with Crippen molar-refractivity contribution in [2.45, 2.75) is 0 Å². The highest BCUT2D eigenvalue weighted by atomic mass is 16.2. The monoisotopic (exact) mass is 431 g/mol. The summed E-state index contributed by atoms with van der Waals surface area (Å²) in [4.78, 5) is 32.6. The third kappa shape index (κ3) is 3.72. The standard InChI is InChI=1S/C23H25N7O2/c1-28-9-11-29(12-10-28)14-19(31)25-15-7-8-17-18(13-15)26-23(32)20-21(17)27-30(22(20)24)16-5-3-2-4-6-16/h2-8,13H,9-12,14,24H2,1H3,(H,25,31)(H,26,32). The Hall–Kier alpha value is -3.69. The molecule has 3 heterocycles. The van der Waals surface area contributed by atoms with Crippen LogP contribution in [0.15, 0.2) is 53.3 Å². The number of fused-ring (bicyclic) bond motifs is 3. The van der Waals surface area contributed by atoms with E-state index in [1.165, 1.54) is 0 Å². The molecule has 164 valence electrons. The van der Waals surface area contributed by atoms with Gasteiger partial charge in [-0.05, 0) is 37.4 Å². The van der Waals surface area contributed by atoms with Crippen molar-refractivity contribution < 1.29 is 4.79 Å². The first kappa shape index (κ1) is 20.2. The predicted octanol–water partition coefficient (Wildman–Crippen LogP) is 1.64. The number of carbonyl (C=O) groups excluding carboxylic acids is 1. The van der Waals surface area contributed by atoms with Crippen LogP contribution in [0.5, 0.6) is 0 Å². The van der Waals surface area contributed by atoms with Gasteiger partial charge in [-0.2, -0.15) is 5.10 Å². The summed E-state index contributed by atoms with van der Waals surface area (Å²) in [5, 5.41) is 8.67. The van der Waals surface area contributed by atoms with E-state index in [0.29, 0.717) is 34.5 Å². The van der Waals surface area contributed by atoms with E-state index in [0.717, 1.165) is 37.3 Å². The Morgan fingerprint density at radius 2 is 1.88 bits per heavy atom. The minimum atomic E-state index is -0.312. The fourth-order valence-corrected chi connectivity index (χ4v) is 4.14. The largest absolute Gasteiger partial charge is 0.383 e. The molecular formula is C23H25N7O2. The lowest BCUT2D eigenvalue weighted by atomic mass is 10.1. The number of aromatic nitrogens is 3. The second kappa shape index (κ2) is 8.10. The third-order valence-electron chi connectivity index (χ3n) is 5.92. The Balaban J connectivity index is 1.45. The van der Waals surface area contributed by atoms with Crippen LogP contribution in [0.2, 0.25) is 0 Å². The maximum Gasteiger partial charge on any atom is 0.261 e. The lowest BCUT2D eigenvalue weighted by molar-refractivity contribution is -0.117. The zero-order valence-electron chi connectivity index (χ0n) is 17.8. The van der Waals surface area contributed by atoms with Gasteiger partial charge in [-0.1, -0.05) is 18.2 Å². The van der Waals surface area contributed by atoms with E-state index >= 15 is 0 Å². The number of amides is 1. The molecule has 1 aliphatic heterocycles. The number of likely N-dealkylation sites (N-methyl/N-ethyl adjacent to an activating group) is 1. The highest BCUT2D eigenvalue weighted by Crippen LogP contribution is 2.28. The minimum Gasteiger partial charge on any atom is -0.383 e. The number of pyridine rings is 1. The lowest BCUT2D eigenvalue weighted by Gasteiger charge is -2.31. The van der Waals surface area contributed by atoms with Gasteiger partial charge in [0.05, 0.1) is 17.7 Å². The van der Waals surface area contributed by atoms with Crippen LogP contribution in [0.4, 0.5) is 11.5 Å². The van der Waals surface area contributed by atoms with Gasteiger partial charge in [0.1, 0.15) is 16.7 Å². The number of benzene rings is 2. The average Bonchev–Trinajstić information content (AvgIpc) is 3.14. The van der Waals surface area contributed by atoms with E-state index in [1.54, 1.807) is 10.7 Å². The second-order valence-electron chi connectivity index (χ2n) is 8.20. The molecule has 5 rings (SSSR count). The molecule has 0 bridgehead atoms. The fraction of sp³-hybridized carbons (Fsp3) is 0.261. The number of anilines is 2. The van der Waals surface area contributed by atoms with Crippen molar-refractivity contribution in [3.63, 3.8) is 0 Å². The number of para-hydroxylation sites is 1. The molecule has 0 spiro atoms. The Morgan fingerprint density at radius 1 is 1.12 bits per heavy atom. The number of hydrogen-bond donors (Lipinski definition) is 3. The number of nitrogens with two attached hydrogens (primary N) is 1. The first-order valence-corrected chi connectivity index (χ1v) is 10.6. The van der Waals surface area contributed by atoms with Gasteiger partial charge in [0.25, 0.3) is 5.56 Å². The number of hydrogen-bond acceptors (Lipinski definition) is 6. The SMILES string of the molecule is CN1CCN(CC(=O)Nc2ccc3c(c2)[nH]c(=O)c2c(N)n(-c4ccccc4)nc23)CC1. The van der Waals surface area contributed by atoms with Crippen LogP contribution in [0.3, 0.4) is 0 Å². The zero-order chi connectivity index (χ0) is 22.2. The molecule has 4 N–H and O–H groups in total. The zero-order valence-corrected chi connectivity index (χ0v) is 17.8. The number of nitrogens with one attached hydrogen (secondary N) is 2. The molecule has 0 aliphatic carbocycles. The van der Waals surface area contributed by atoms with Gasteiger partial charge in [-0.15, -0.1) is 0 Å². The Kier molecular flexibility index (Phi) is 5.12. The van der Waals surface area contributed by atoms with Crippen molar-refractivity contribution in [1.29, 1.82) is 0 Å². The summed E-state index contributed by atoms with van der Waals surface area (Å²) in [6, 6.07) is 14.9. The van der Waals surface area contributed by atoms with Crippen LogP contribution in [0.1, 0.15) is 0 Å². The molecule has 32 heavy (non-hydrogen) atoms. The Morgan fingerprint density at radius 3 is 2.62 bits per heavy atom. The molecule has 0 radical (unpaired) electrons. The van der Waals surface area contributed by atoms with Crippen molar-refractivity contribution in [3.05, 3.63) is 58.9 Å². The number of H-pyrrole nitrogens is 1. The van der Waals surface area contributed by atoms with Gasteiger partial charge in [0, 0.05) is 37.3 Å². The highest BCUT2D eigenvalue weighted by molar-refractivity contribution is 6.08. The molecule has 2 aromatic heterocycles. The summed E-state index contributed by atoms with van der Waals surface area (Å²) in [5.74, 6) is 0.217. The van der Waals surface area contributed by atoms with Gasteiger partial charge < -0.3 is 20.9 Å². The van der Waals surface area contributed by atoms with Crippen molar-refractivity contribution >= 4 is 39.2 Å². The van der Waals surface area contributed by atoms with E-state index in [1.807, 2.05) is 42.5 Å². The number of aromatic amines is 1. The first-order valence-electron chi connectivity index (χ1n) is 10.6. The molecule has 2 aromatic carbocycles. The van der Waals surface area contributed by atoms with Gasteiger partial charge in [-0.3, -0.25) is 14.5 Å². The quantitative estimate of drug-likeness (QED) is 0.453. The molecule has 9 nitrogen and oxygen atoms in total. The van der Waals surface area contributed by atoms with E-state index in [2.05, 4.69) is 32.2 Å². The summed E-state index contributed by atoms with van der Waals surface area (Å²) in [5.41, 5.74) is 8.49.